The topological polar surface area (TPSA) is 74.0 Å². The summed E-state index contributed by atoms with van der Waals surface area (Å²) in [5.74, 6) is 0. The summed E-state index contributed by atoms with van der Waals surface area (Å²) in [6.45, 7) is 0. The number of likely N-dealkylation sites (N-methyl/N-ethyl adjacent to an activating group) is 2. The van der Waals surface area contributed by atoms with Gasteiger partial charge in [0.2, 0.25) is 0 Å². The molecule has 2 aliphatic heterocycles. The van der Waals surface area contributed by atoms with E-state index in [9.17, 15) is 4.79 Å². The van der Waals surface area contributed by atoms with Gasteiger partial charge in [0.05, 0.1) is 0 Å². The molecule has 2 amide bonds. The van der Waals surface area contributed by atoms with Crippen molar-refractivity contribution in [1.82, 2.24) is 15.2 Å². The van der Waals surface area contributed by atoms with Crippen LogP contribution < -0.4 is 11.2 Å². The molecule has 2 aliphatic rings. The predicted octanol–water partition coefficient (Wildman–Crippen LogP) is -0.798. The Morgan fingerprint density at radius 2 is 2.23 bits per heavy atom. The number of hydrogen-bond acceptors (Lipinski definition) is 5. The Bertz CT molecular complexity index is 280. The lowest BCUT2D eigenvalue weighted by molar-refractivity contribution is 0.198. The number of amidine groups is 1. The molecule has 0 radical (unpaired) electrons. The Kier molecular flexibility index (Phi) is 1.76. The van der Waals surface area contributed by atoms with Crippen LogP contribution in [-0.4, -0.2) is 46.6 Å². The van der Waals surface area contributed by atoms with E-state index < -0.39 is 0 Å². The summed E-state index contributed by atoms with van der Waals surface area (Å²) in [5.41, 5.74) is 8.38. The van der Waals surface area contributed by atoms with E-state index in [1.807, 2.05) is 0 Å². The number of thioether (sulfide) groups is 1. The first-order valence-corrected chi connectivity index (χ1v) is 4.74. The van der Waals surface area contributed by atoms with E-state index in [4.69, 9.17) is 5.73 Å². The van der Waals surface area contributed by atoms with Crippen molar-refractivity contribution in [2.75, 3.05) is 14.1 Å². The van der Waals surface area contributed by atoms with Gasteiger partial charge in [0.1, 0.15) is 11.5 Å². The minimum Gasteiger partial charge on any atom is -0.377 e. The van der Waals surface area contributed by atoms with Gasteiger partial charge in [0.15, 0.2) is 5.17 Å². The van der Waals surface area contributed by atoms with Gasteiger partial charge in [-0.2, -0.15) is 5.10 Å². The molecule has 6 nitrogen and oxygen atoms in total. The fourth-order valence-corrected chi connectivity index (χ4v) is 2.43. The van der Waals surface area contributed by atoms with Crippen LogP contribution in [0.25, 0.3) is 0 Å². The van der Waals surface area contributed by atoms with Gasteiger partial charge in [-0.3, -0.25) is 5.43 Å². The Morgan fingerprint density at radius 1 is 1.54 bits per heavy atom. The Morgan fingerprint density at radius 3 is 2.92 bits per heavy atom. The molecule has 0 aromatic rings. The molecule has 0 bridgehead atoms. The Labute approximate surface area is 80.1 Å². The van der Waals surface area contributed by atoms with Gasteiger partial charge in [0, 0.05) is 14.1 Å². The lowest BCUT2D eigenvalue weighted by atomic mass is 10.5. The normalized spacial score (nSPS) is 32.8. The molecule has 2 heterocycles. The maximum Gasteiger partial charge on any atom is 0.322 e. The number of carbonyl (C=O) groups is 1. The monoisotopic (exact) mass is 201 g/mol. The van der Waals surface area contributed by atoms with Crippen LogP contribution in [0.1, 0.15) is 0 Å². The highest BCUT2D eigenvalue weighted by Crippen LogP contribution is 2.29. The van der Waals surface area contributed by atoms with E-state index in [2.05, 4.69) is 10.5 Å². The molecule has 1 fully saturated rings. The number of amides is 2. The van der Waals surface area contributed by atoms with Crippen LogP contribution in [0, 0.1) is 0 Å². The molecule has 0 saturated carbocycles. The van der Waals surface area contributed by atoms with Gasteiger partial charge in [0.25, 0.3) is 0 Å². The summed E-state index contributed by atoms with van der Waals surface area (Å²) in [4.78, 5) is 14.8. The molecule has 0 unspecified atom stereocenters. The van der Waals surface area contributed by atoms with Crippen molar-refractivity contribution in [2.24, 2.45) is 10.8 Å². The molecule has 0 aromatic heterocycles. The van der Waals surface area contributed by atoms with E-state index in [-0.39, 0.29) is 17.6 Å². The van der Waals surface area contributed by atoms with Gasteiger partial charge >= 0.3 is 6.03 Å². The summed E-state index contributed by atoms with van der Waals surface area (Å²) >= 11 is 1.40. The molecule has 0 spiro atoms. The lowest BCUT2D eigenvalue weighted by Gasteiger charge is -2.27. The van der Waals surface area contributed by atoms with E-state index in [1.165, 1.54) is 11.8 Å². The van der Waals surface area contributed by atoms with Crippen molar-refractivity contribution >= 4 is 23.0 Å². The van der Waals surface area contributed by atoms with Crippen molar-refractivity contribution in [3.8, 4) is 0 Å². The van der Waals surface area contributed by atoms with Crippen molar-refractivity contribution in [2.45, 2.75) is 11.5 Å². The average molecular weight is 201 g/mol. The molecule has 0 aromatic carbocycles. The van der Waals surface area contributed by atoms with Gasteiger partial charge in [-0.05, 0) is 0 Å². The highest BCUT2D eigenvalue weighted by molar-refractivity contribution is 8.14. The highest BCUT2D eigenvalue weighted by Gasteiger charge is 2.44. The third-order valence-electron chi connectivity index (χ3n) is 2.22. The molecule has 3 N–H and O–H groups in total. The fourth-order valence-electron chi connectivity index (χ4n) is 1.45. The van der Waals surface area contributed by atoms with Crippen LogP contribution in [0.3, 0.4) is 0 Å². The smallest absolute Gasteiger partial charge is 0.322 e. The average Bonchev–Trinajstić information content (AvgIpc) is 2.32. The molecular formula is C6H11N5OS. The second kappa shape index (κ2) is 2.69. The molecule has 7 heteroatoms. The first kappa shape index (κ1) is 8.49. The number of hydrogen-bond donors (Lipinski definition) is 2. The zero-order chi connectivity index (χ0) is 9.59. The number of nitrogens with zero attached hydrogens (tertiary/aromatic N) is 3. The van der Waals surface area contributed by atoms with Crippen LogP contribution in [0.4, 0.5) is 4.79 Å². The fraction of sp³-hybridized carbons (Fsp3) is 0.667. The van der Waals surface area contributed by atoms with Crippen molar-refractivity contribution in [3.63, 3.8) is 0 Å². The van der Waals surface area contributed by atoms with Crippen LogP contribution in [0.2, 0.25) is 0 Å². The third-order valence-corrected chi connectivity index (χ3v) is 3.37. The number of hydrazone groups is 1. The van der Waals surface area contributed by atoms with Crippen LogP contribution >= 0.6 is 11.8 Å². The Hall–Kier alpha value is -1.11. The quantitative estimate of drug-likeness (QED) is 0.538. The van der Waals surface area contributed by atoms with Crippen molar-refractivity contribution < 1.29 is 4.79 Å². The number of urea groups is 1. The third kappa shape index (κ3) is 1.11. The molecule has 13 heavy (non-hydrogen) atoms. The van der Waals surface area contributed by atoms with Crippen LogP contribution in [0.5, 0.6) is 0 Å². The van der Waals surface area contributed by atoms with E-state index >= 15 is 0 Å². The summed E-state index contributed by atoms with van der Waals surface area (Å²) in [5, 5.41) is 4.37. The minimum atomic E-state index is -0.0743. The predicted molar refractivity (Wildman–Crippen MR) is 50.8 cm³/mol. The maximum absolute atomic E-state index is 11.5. The number of rotatable bonds is 0. The van der Waals surface area contributed by atoms with Crippen molar-refractivity contribution in [3.05, 3.63) is 0 Å². The minimum absolute atomic E-state index is 0.0140. The molecule has 72 valence electrons. The SMILES string of the molecule is CN1C(=O)N(C)[C@H]2SC(N)=NN[C@@H]21. The standard InChI is InChI=1S/C6H11N5OS/c1-10-3-4(11(2)6(10)12)13-5(7)9-8-3/h3-4,8H,1-2H3,(H2,7,9)/t3-,4+/m1/s1. The largest absolute Gasteiger partial charge is 0.377 e. The maximum atomic E-state index is 11.5. The van der Waals surface area contributed by atoms with Gasteiger partial charge in [-0.15, -0.1) is 0 Å². The number of nitrogens with one attached hydrogen (secondary N) is 1. The zero-order valence-corrected chi connectivity index (χ0v) is 8.21. The van der Waals surface area contributed by atoms with E-state index in [0.717, 1.165) is 0 Å². The summed E-state index contributed by atoms with van der Waals surface area (Å²) < 4.78 is 0. The number of carbonyl (C=O) groups excluding carboxylic acids is 1. The molecule has 0 aliphatic carbocycles. The Balaban J connectivity index is 2.25. The first-order valence-electron chi connectivity index (χ1n) is 3.86. The van der Waals surface area contributed by atoms with Gasteiger partial charge < -0.3 is 15.5 Å². The molecular weight excluding hydrogens is 190 g/mol. The highest BCUT2D eigenvalue weighted by atomic mass is 32.2. The lowest BCUT2D eigenvalue weighted by Crippen LogP contribution is -2.47. The second-order valence-corrected chi connectivity index (χ2v) is 4.17. The molecule has 2 atom stereocenters. The van der Waals surface area contributed by atoms with Crippen LogP contribution in [0.15, 0.2) is 5.10 Å². The number of fused-ring (bicyclic) bond motifs is 1. The van der Waals surface area contributed by atoms with E-state index in [0.29, 0.717) is 5.17 Å². The van der Waals surface area contributed by atoms with Crippen molar-refractivity contribution in [1.29, 1.82) is 0 Å². The molecule has 1 saturated heterocycles. The van der Waals surface area contributed by atoms with Gasteiger partial charge in [-0.1, -0.05) is 11.8 Å². The molecule has 2 rings (SSSR count). The summed E-state index contributed by atoms with van der Waals surface area (Å²) in [6.07, 6.45) is -0.0743. The summed E-state index contributed by atoms with van der Waals surface area (Å²) in [6, 6.07) is -0.0140. The van der Waals surface area contributed by atoms with E-state index in [1.54, 1.807) is 23.9 Å². The van der Waals surface area contributed by atoms with Gasteiger partial charge in [-0.25, -0.2) is 4.79 Å². The first-order chi connectivity index (χ1) is 6.11. The summed E-state index contributed by atoms with van der Waals surface area (Å²) in [7, 11) is 3.50. The number of nitrogens with two attached hydrogens (primary N) is 1. The zero-order valence-electron chi connectivity index (χ0n) is 7.39. The second-order valence-electron chi connectivity index (χ2n) is 3.04. The van der Waals surface area contributed by atoms with Crippen LogP contribution in [-0.2, 0) is 0 Å².